The van der Waals surface area contributed by atoms with Crippen LogP contribution in [0.5, 0.6) is 0 Å². The molecule has 1 heterocycles. The summed E-state index contributed by atoms with van der Waals surface area (Å²) in [5.74, 6) is -0.482. The van der Waals surface area contributed by atoms with Crippen molar-refractivity contribution in [3.05, 3.63) is 95.8 Å². The highest BCUT2D eigenvalue weighted by Gasteiger charge is 2.13. The largest absolute Gasteiger partial charge is 0.352 e. The Hall–Kier alpha value is -3.47. The Bertz CT molecular complexity index is 880. The van der Waals surface area contributed by atoms with Gasteiger partial charge in [0.05, 0.1) is 11.3 Å². The Morgan fingerprint density at radius 3 is 2.31 bits per heavy atom. The number of carbonyl (C=O) groups excluding carboxylic acids is 2. The second-order valence-electron chi connectivity index (χ2n) is 5.69. The number of benzene rings is 2. The lowest BCUT2D eigenvalue weighted by atomic mass is 10.1. The molecule has 2 aromatic carbocycles. The normalized spacial score (nSPS) is 10.2. The van der Waals surface area contributed by atoms with Crippen LogP contribution in [0, 0.1) is 0 Å². The fraction of sp³-hybridized carbons (Fsp3) is 0.0952. The molecule has 0 aliphatic heterocycles. The third-order valence-corrected chi connectivity index (χ3v) is 3.85. The van der Waals surface area contributed by atoms with Crippen molar-refractivity contribution >= 4 is 17.5 Å². The topological polar surface area (TPSA) is 71.1 Å². The van der Waals surface area contributed by atoms with E-state index in [-0.39, 0.29) is 11.8 Å². The van der Waals surface area contributed by atoms with Gasteiger partial charge in [0.25, 0.3) is 11.8 Å². The smallest absolute Gasteiger partial charge is 0.255 e. The first-order valence-corrected chi connectivity index (χ1v) is 8.37. The van der Waals surface area contributed by atoms with Crippen LogP contribution in [-0.4, -0.2) is 23.3 Å². The van der Waals surface area contributed by atoms with E-state index in [0.717, 1.165) is 5.69 Å². The molecule has 5 nitrogen and oxygen atoms in total. The third-order valence-electron chi connectivity index (χ3n) is 3.85. The van der Waals surface area contributed by atoms with E-state index in [1.807, 2.05) is 24.3 Å². The summed E-state index contributed by atoms with van der Waals surface area (Å²) in [4.78, 5) is 29.1. The van der Waals surface area contributed by atoms with Crippen LogP contribution in [-0.2, 0) is 6.42 Å². The number of aromatic nitrogens is 1. The molecule has 0 aliphatic carbocycles. The Kier molecular flexibility index (Phi) is 5.72. The van der Waals surface area contributed by atoms with E-state index in [1.165, 1.54) is 0 Å². The lowest BCUT2D eigenvalue weighted by molar-refractivity contribution is 0.0955. The van der Waals surface area contributed by atoms with Gasteiger partial charge in [0.1, 0.15) is 0 Å². The van der Waals surface area contributed by atoms with Crippen LogP contribution >= 0.6 is 0 Å². The van der Waals surface area contributed by atoms with Gasteiger partial charge < -0.3 is 10.6 Å². The van der Waals surface area contributed by atoms with Gasteiger partial charge in [0, 0.05) is 30.4 Å². The van der Waals surface area contributed by atoms with Crippen LogP contribution in [0.25, 0.3) is 0 Å². The lowest BCUT2D eigenvalue weighted by Crippen LogP contribution is -2.27. The average Bonchev–Trinajstić information content (AvgIpc) is 2.70. The predicted octanol–water partition coefficient (Wildman–Crippen LogP) is 3.31. The molecule has 3 rings (SSSR count). The lowest BCUT2D eigenvalue weighted by Gasteiger charge is -2.11. The fourth-order valence-corrected chi connectivity index (χ4v) is 2.52. The van der Waals surface area contributed by atoms with Crippen molar-refractivity contribution in [2.45, 2.75) is 6.42 Å². The molecule has 0 bridgehead atoms. The highest BCUT2D eigenvalue weighted by atomic mass is 16.2. The van der Waals surface area contributed by atoms with Gasteiger partial charge in [-0.2, -0.15) is 0 Å². The first kappa shape index (κ1) is 17.4. The first-order valence-electron chi connectivity index (χ1n) is 8.37. The minimum atomic E-state index is -0.251. The molecule has 130 valence electrons. The number of hydrogen-bond donors (Lipinski definition) is 2. The summed E-state index contributed by atoms with van der Waals surface area (Å²) < 4.78 is 0. The Morgan fingerprint density at radius 1 is 0.808 bits per heavy atom. The van der Waals surface area contributed by atoms with Crippen molar-refractivity contribution in [3.63, 3.8) is 0 Å². The van der Waals surface area contributed by atoms with Gasteiger partial charge in [-0.25, -0.2) is 0 Å². The van der Waals surface area contributed by atoms with Gasteiger partial charge in [-0.15, -0.1) is 0 Å². The Labute approximate surface area is 152 Å². The van der Waals surface area contributed by atoms with Gasteiger partial charge >= 0.3 is 0 Å². The maximum atomic E-state index is 12.5. The molecule has 0 unspecified atom stereocenters. The molecule has 0 atom stereocenters. The molecule has 0 aliphatic rings. The summed E-state index contributed by atoms with van der Waals surface area (Å²) in [5, 5.41) is 5.67. The Morgan fingerprint density at radius 2 is 1.54 bits per heavy atom. The number of para-hydroxylation sites is 1. The Balaban J connectivity index is 1.64. The number of anilines is 1. The van der Waals surface area contributed by atoms with Crippen molar-refractivity contribution in [2.75, 3.05) is 11.9 Å². The second kappa shape index (κ2) is 8.58. The van der Waals surface area contributed by atoms with Crippen LogP contribution in [0.15, 0.2) is 79.0 Å². The van der Waals surface area contributed by atoms with Crippen molar-refractivity contribution in [3.8, 4) is 0 Å². The van der Waals surface area contributed by atoms with Crippen LogP contribution < -0.4 is 10.6 Å². The second-order valence-corrected chi connectivity index (χ2v) is 5.69. The first-order chi connectivity index (χ1) is 12.7. The van der Waals surface area contributed by atoms with E-state index >= 15 is 0 Å². The number of rotatable bonds is 6. The van der Waals surface area contributed by atoms with Crippen molar-refractivity contribution in [1.29, 1.82) is 0 Å². The van der Waals surface area contributed by atoms with E-state index < -0.39 is 0 Å². The number of carbonyl (C=O) groups is 2. The quantitative estimate of drug-likeness (QED) is 0.720. The number of pyridine rings is 1. The molecule has 2 N–H and O–H groups in total. The summed E-state index contributed by atoms with van der Waals surface area (Å²) in [6, 6.07) is 21.5. The van der Waals surface area contributed by atoms with Crippen molar-refractivity contribution in [2.24, 2.45) is 0 Å². The maximum absolute atomic E-state index is 12.5. The molecule has 0 spiro atoms. The number of amides is 2. The molecular weight excluding hydrogens is 326 g/mol. The molecule has 0 saturated heterocycles. The van der Waals surface area contributed by atoms with E-state index in [0.29, 0.717) is 29.8 Å². The monoisotopic (exact) mass is 345 g/mol. The van der Waals surface area contributed by atoms with E-state index in [2.05, 4.69) is 15.6 Å². The van der Waals surface area contributed by atoms with Crippen LogP contribution in [0.4, 0.5) is 5.69 Å². The van der Waals surface area contributed by atoms with E-state index in [4.69, 9.17) is 0 Å². The molecule has 3 aromatic rings. The van der Waals surface area contributed by atoms with E-state index in [9.17, 15) is 9.59 Å². The molecule has 0 fully saturated rings. The maximum Gasteiger partial charge on any atom is 0.255 e. The molecule has 5 heteroatoms. The summed E-state index contributed by atoms with van der Waals surface area (Å²) in [7, 11) is 0. The van der Waals surface area contributed by atoms with Crippen LogP contribution in [0.3, 0.4) is 0 Å². The number of nitrogens with one attached hydrogen (secondary N) is 2. The molecule has 26 heavy (non-hydrogen) atoms. The molecule has 0 radical (unpaired) electrons. The number of nitrogens with zero attached hydrogens (tertiary/aromatic N) is 1. The minimum absolute atomic E-state index is 0.232. The number of hydrogen-bond acceptors (Lipinski definition) is 3. The van der Waals surface area contributed by atoms with Gasteiger partial charge in [0.2, 0.25) is 0 Å². The van der Waals surface area contributed by atoms with Crippen LogP contribution in [0.2, 0.25) is 0 Å². The SMILES string of the molecule is O=C(Nc1ccccc1C(=O)NCCc1ccccn1)c1ccccc1. The third kappa shape index (κ3) is 4.54. The fourth-order valence-electron chi connectivity index (χ4n) is 2.52. The van der Waals surface area contributed by atoms with Crippen molar-refractivity contribution in [1.82, 2.24) is 10.3 Å². The van der Waals surface area contributed by atoms with Gasteiger partial charge in [0.15, 0.2) is 0 Å². The molecule has 1 aromatic heterocycles. The zero-order chi connectivity index (χ0) is 18.2. The van der Waals surface area contributed by atoms with Gasteiger partial charge in [-0.3, -0.25) is 14.6 Å². The summed E-state index contributed by atoms with van der Waals surface area (Å²) in [6.45, 7) is 0.469. The predicted molar refractivity (Wildman–Crippen MR) is 101 cm³/mol. The zero-order valence-corrected chi connectivity index (χ0v) is 14.2. The van der Waals surface area contributed by atoms with E-state index in [1.54, 1.807) is 54.7 Å². The zero-order valence-electron chi connectivity index (χ0n) is 14.2. The minimum Gasteiger partial charge on any atom is -0.352 e. The van der Waals surface area contributed by atoms with Gasteiger partial charge in [-0.1, -0.05) is 36.4 Å². The highest BCUT2D eigenvalue weighted by Crippen LogP contribution is 2.16. The van der Waals surface area contributed by atoms with Crippen molar-refractivity contribution < 1.29 is 9.59 Å². The highest BCUT2D eigenvalue weighted by molar-refractivity contribution is 6.08. The average molecular weight is 345 g/mol. The summed E-state index contributed by atoms with van der Waals surface area (Å²) >= 11 is 0. The standard InChI is InChI=1S/C21H19N3O2/c25-20(16-8-2-1-3-9-16)24-19-12-5-4-11-18(19)21(26)23-15-13-17-10-6-7-14-22-17/h1-12,14H,13,15H2,(H,23,26)(H,24,25). The molecular formula is C21H19N3O2. The van der Waals surface area contributed by atoms with Gasteiger partial charge in [-0.05, 0) is 36.4 Å². The molecule has 2 amide bonds. The molecule has 0 saturated carbocycles. The van der Waals surface area contributed by atoms with Crippen LogP contribution in [0.1, 0.15) is 26.4 Å². The summed E-state index contributed by atoms with van der Waals surface area (Å²) in [5.41, 5.74) is 2.37. The summed E-state index contributed by atoms with van der Waals surface area (Å²) in [6.07, 6.45) is 2.37.